The number of hydrogen-bond acceptors (Lipinski definition) is 2. The Labute approximate surface area is 74.9 Å². The van der Waals surface area contributed by atoms with Crippen molar-refractivity contribution in [3.05, 3.63) is 12.7 Å². The molecule has 0 heterocycles. The molecule has 0 saturated heterocycles. The lowest BCUT2D eigenvalue weighted by atomic mass is 10.3. The van der Waals surface area contributed by atoms with Crippen LogP contribution < -0.4 is 4.72 Å². The summed E-state index contributed by atoms with van der Waals surface area (Å²) >= 11 is 0. The molecule has 0 unspecified atom stereocenters. The number of rotatable bonds is 7. The first-order valence-electron chi connectivity index (χ1n) is 4.20. The molecular weight excluding hydrogens is 174 g/mol. The lowest BCUT2D eigenvalue weighted by Crippen LogP contribution is -2.26. The standard InChI is InChI=1S/C8H17NO2S/c1-3-5-6-8-12(10,11)9-7-4-2/h4,9H,2-3,5-8H2,1H3. The van der Waals surface area contributed by atoms with E-state index in [-0.39, 0.29) is 5.75 Å². The molecule has 3 nitrogen and oxygen atoms in total. The van der Waals surface area contributed by atoms with Crippen molar-refractivity contribution in [1.82, 2.24) is 4.72 Å². The normalized spacial score (nSPS) is 11.4. The van der Waals surface area contributed by atoms with Gasteiger partial charge in [0.05, 0.1) is 5.75 Å². The van der Waals surface area contributed by atoms with Crippen molar-refractivity contribution >= 4 is 10.0 Å². The maximum absolute atomic E-state index is 11.1. The molecule has 0 rings (SSSR count). The highest BCUT2D eigenvalue weighted by molar-refractivity contribution is 7.89. The Kier molecular flexibility index (Phi) is 6.02. The minimum absolute atomic E-state index is 0.231. The maximum Gasteiger partial charge on any atom is 0.211 e. The third-order valence-electron chi connectivity index (χ3n) is 1.46. The van der Waals surface area contributed by atoms with E-state index in [4.69, 9.17) is 0 Å². The first kappa shape index (κ1) is 11.6. The number of unbranched alkanes of at least 4 members (excludes halogenated alkanes) is 2. The topological polar surface area (TPSA) is 46.2 Å². The molecule has 72 valence electrons. The number of hydrogen-bond donors (Lipinski definition) is 1. The van der Waals surface area contributed by atoms with Crippen LogP contribution in [-0.4, -0.2) is 20.7 Å². The minimum Gasteiger partial charge on any atom is -0.212 e. The third kappa shape index (κ3) is 6.37. The van der Waals surface area contributed by atoms with Crippen molar-refractivity contribution in [3.8, 4) is 0 Å². The van der Waals surface area contributed by atoms with Gasteiger partial charge in [0.2, 0.25) is 10.0 Å². The van der Waals surface area contributed by atoms with Crippen molar-refractivity contribution in [3.63, 3.8) is 0 Å². The predicted molar refractivity (Wildman–Crippen MR) is 51.5 cm³/mol. The van der Waals surface area contributed by atoms with E-state index in [1.165, 1.54) is 6.08 Å². The van der Waals surface area contributed by atoms with Crippen LogP contribution >= 0.6 is 0 Å². The molecule has 4 heteroatoms. The van der Waals surface area contributed by atoms with Crippen molar-refractivity contribution in [2.75, 3.05) is 12.3 Å². The van der Waals surface area contributed by atoms with Gasteiger partial charge in [-0.25, -0.2) is 13.1 Å². The summed E-state index contributed by atoms with van der Waals surface area (Å²) in [5.41, 5.74) is 0. The Bertz CT molecular complexity index is 209. The van der Waals surface area contributed by atoms with Crippen LogP contribution in [0, 0.1) is 0 Å². The smallest absolute Gasteiger partial charge is 0.211 e. The fourth-order valence-corrected chi connectivity index (χ4v) is 1.90. The van der Waals surface area contributed by atoms with Gasteiger partial charge in [0.25, 0.3) is 0 Å². The summed E-state index contributed by atoms with van der Waals surface area (Å²) in [5, 5.41) is 0. The summed E-state index contributed by atoms with van der Waals surface area (Å²) in [7, 11) is -3.04. The predicted octanol–water partition coefficient (Wildman–Crippen LogP) is 1.28. The fraction of sp³-hybridized carbons (Fsp3) is 0.750. The number of nitrogens with one attached hydrogen (secondary N) is 1. The molecule has 12 heavy (non-hydrogen) atoms. The van der Waals surface area contributed by atoms with Gasteiger partial charge >= 0.3 is 0 Å². The Balaban J connectivity index is 3.64. The van der Waals surface area contributed by atoms with Crippen LogP contribution in [0.1, 0.15) is 26.2 Å². The molecule has 0 fully saturated rings. The number of sulfonamides is 1. The van der Waals surface area contributed by atoms with Crippen LogP contribution in [0.2, 0.25) is 0 Å². The zero-order valence-corrected chi connectivity index (χ0v) is 8.36. The highest BCUT2D eigenvalue weighted by atomic mass is 32.2. The summed E-state index contributed by atoms with van der Waals surface area (Å²) in [5.74, 6) is 0.231. The third-order valence-corrected chi connectivity index (χ3v) is 2.90. The Morgan fingerprint density at radius 2 is 2.08 bits per heavy atom. The van der Waals surface area contributed by atoms with Crippen LogP contribution in [0.4, 0.5) is 0 Å². The first-order valence-corrected chi connectivity index (χ1v) is 5.86. The molecule has 0 aromatic rings. The SMILES string of the molecule is C=CCNS(=O)(=O)CCCCC. The van der Waals surface area contributed by atoms with Gasteiger partial charge in [-0.05, 0) is 6.42 Å². The molecular formula is C8H17NO2S. The maximum atomic E-state index is 11.1. The molecule has 0 aliphatic rings. The molecule has 0 aromatic carbocycles. The average Bonchev–Trinajstić information content (AvgIpc) is 2.01. The second-order valence-corrected chi connectivity index (χ2v) is 4.59. The van der Waals surface area contributed by atoms with Crippen LogP contribution in [0.15, 0.2) is 12.7 Å². The van der Waals surface area contributed by atoms with Crippen LogP contribution in [0.5, 0.6) is 0 Å². The highest BCUT2D eigenvalue weighted by Crippen LogP contribution is 1.97. The molecule has 0 amide bonds. The van der Waals surface area contributed by atoms with E-state index in [1.54, 1.807) is 0 Å². The first-order chi connectivity index (χ1) is 5.62. The van der Waals surface area contributed by atoms with Gasteiger partial charge in [-0.1, -0.05) is 25.8 Å². The molecule has 1 N–H and O–H groups in total. The largest absolute Gasteiger partial charge is 0.212 e. The molecule has 0 saturated carbocycles. The van der Waals surface area contributed by atoms with Crippen molar-refractivity contribution in [2.24, 2.45) is 0 Å². The summed E-state index contributed by atoms with van der Waals surface area (Å²) in [6.45, 7) is 5.81. The summed E-state index contributed by atoms with van der Waals surface area (Å²) in [4.78, 5) is 0. The molecule has 0 aliphatic carbocycles. The van der Waals surface area contributed by atoms with E-state index in [0.717, 1.165) is 19.3 Å². The molecule has 0 radical (unpaired) electrons. The van der Waals surface area contributed by atoms with E-state index in [1.807, 2.05) is 6.92 Å². The summed E-state index contributed by atoms with van der Waals surface area (Å²) in [6.07, 6.45) is 4.28. The van der Waals surface area contributed by atoms with Crippen molar-refractivity contribution in [2.45, 2.75) is 26.2 Å². The van der Waals surface area contributed by atoms with Gasteiger partial charge < -0.3 is 0 Å². The zero-order valence-electron chi connectivity index (χ0n) is 7.54. The van der Waals surface area contributed by atoms with Crippen LogP contribution in [-0.2, 0) is 10.0 Å². The van der Waals surface area contributed by atoms with Gasteiger partial charge in [0.1, 0.15) is 0 Å². The Morgan fingerprint density at radius 3 is 2.58 bits per heavy atom. The molecule has 0 bridgehead atoms. The van der Waals surface area contributed by atoms with E-state index in [0.29, 0.717) is 6.54 Å². The fourth-order valence-electron chi connectivity index (χ4n) is 0.800. The van der Waals surface area contributed by atoms with Gasteiger partial charge in [0, 0.05) is 6.54 Å². The average molecular weight is 191 g/mol. The van der Waals surface area contributed by atoms with E-state index in [2.05, 4.69) is 11.3 Å². The quantitative estimate of drug-likeness (QED) is 0.487. The molecule has 0 spiro atoms. The van der Waals surface area contributed by atoms with Gasteiger partial charge in [-0.3, -0.25) is 0 Å². The van der Waals surface area contributed by atoms with E-state index in [9.17, 15) is 8.42 Å². The lowest BCUT2D eigenvalue weighted by molar-refractivity contribution is 0.580. The minimum atomic E-state index is -3.04. The van der Waals surface area contributed by atoms with Crippen LogP contribution in [0.3, 0.4) is 0 Å². The van der Waals surface area contributed by atoms with Crippen LogP contribution in [0.25, 0.3) is 0 Å². The highest BCUT2D eigenvalue weighted by Gasteiger charge is 2.06. The summed E-state index contributed by atoms with van der Waals surface area (Å²) < 4.78 is 24.6. The Morgan fingerprint density at radius 1 is 1.42 bits per heavy atom. The van der Waals surface area contributed by atoms with Crippen molar-refractivity contribution < 1.29 is 8.42 Å². The molecule has 0 aliphatic heterocycles. The zero-order chi connectivity index (χ0) is 9.45. The molecule has 0 atom stereocenters. The second-order valence-electron chi connectivity index (χ2n) is 2.66. The summed E-state index contributed by atoms with van der Waals surface area (Å²) in [6, 6.07) is 0. The Hall–Kier alpha value is -0.350. The van der Waals surface area contributed by atoms with E-state index >= 15 is 0 Å². The van der Waals surface area contributed by atoms with E-state index < -0.39 is 10.0 Å². The van der Waals surface area contributed by atoms with Gasteiger partial charge in [0.15, 0.2) is 0 Å². The van der Waals surface area contributed by atoms with Gasteiger partial charge in [-0.2, -0.15) is 0 Å². The second kappa shape index (κ2) is 6.20. The lowest BCUT2D eigenvalue weighted by Gasteiger charge is -2.02. The molecule has 0 aromatic heterocycles. The van der Waals surface area contributed by atoms with Crippen molar-refractivity contribution in [1.29, 1.82) is 0 Å². The van der Waals surface area contributed by atoms with Gasteiger partial charge in [-0.15, -0.1) is 6.58 Å². The monoisotopic (exact) mass is 191 g/mol.